The predicted octanol–water partition coefficient (Wildman–Crippen LogP) is 2.79. The summed E-state index contributed by atoms with van der Waals surface area (Å²) in [6.45, 7) is 6.97. The van der Waals surface area contributed by atoms with E-state index >= 15 is 0 Å². The van der Waals surface area contributed by atoms with Crippen molar-refractivity contribution in [3.63, 3.8) is 0 Å². The van der Waals surface area contributed by atoms with Gasteiger partial charge in [0.05, 0.1) is 11.6 Å². The molecule has 5 saturated carbocycles. The third kappa shape index (κ3) is 3.66. The van der Waals surface area contributed by atoms with Crippen molar-refractivity contribution in [2.45, 2.75) is 108 Å². The number of alkyl carbamates (subject to hydrolysis) is 1. The molecule has 6 fully saturated rings. The van der Waals surface area contributed by atoms with Crippen molar-refractivity contribution in [3.8, 4) is 0 Å². The first-order chi connectivity index (χ1) is 14.4. The highest BCUT2D eigenvalue weighted by Gasteiger charge is 2.64. The second-order valence-electron chi connectivity index (χ2n) is 12.3. The summed E-state index contributed by atoms with van der Waals surface area (Å²) >= 11 is 0. The lowest BCUT2D eigenvalue weighted by Crippen LogP contribution is -2.67. The molecule has 1 aliphatic heterocycles. The number of nitrogens with zero attached hydrogens (tertiary/aromatic N) is 1. The fraction of sp³-hybridized carbons (Fsp3) is 0.875. The van der Waals surface area contributed by atoms with Gasteiger partial charge >= 0.3 is 6.09 Å². The van der Waals surface area contributed by atoms with Crippen molar-refractivity contribution >= 4 is 17.8 Å². The van der Waals surface area contributed by atoms with Crippen LogP contribution in [-0.2, 0) is 14.3 Å². The summed E-state index contributed by atoms with van der Waals surface area (Å²) in [4.78, 5) is 41.0. The van der Waals surface area contributed by atoms with Crippen molar-refractivity contribution < 1.29 is 24.2 Å². The maximum Gasteiger partial charge on any atom is 0.408 e. The van der Waals surface area contributed by atoms with Crippen LogP contribution in [0.4, 0.5) is 4.79 Å². The zero-order valence-corrected chi connectivity index (χ0v) is 19.1. The van der Waals surface area contributed by atoms with Gasteiger partial charge in [0.2, 0.25) is 5.91 Å². The normalized spacial score (nSPS) is 43.4. The van der Waals surface area contributed by atoms with E-state index in [-0.39, 0.29) is 17.7 Å². The van der Waals surface area contributed by atoms with Crippen LogP contribution in [0.3, 0.4) is 0 Å². The SMILES string of the molecule is CC(=O)[C@@H]1C[C@@H]2C[C@@H]2N1C(=O)[C@@H](NC(=O)OC(C)(C)C)C12CC3CC(CC(O)(C3)C1)C2. The maximum absolute atomic E-state index is 14.0. The second kappa shape index (κ2) is 6.69. The van der Waals surface area contributed by atoms with Gasteiger partial charge in [0.15, 0.2) is 5.78 Å². The number of ether oxygens (including phenoxy) is 1. The standard InChI is InChI=1S/C24H36N2O5/c1-13(27)17-6-16-7-18(16)26(17)20(28)19(25-21(29)31-22(2,3)4)23-8-14-5-15(9-23)11-24(30,10-14)12-23/h14-19,30H,5-12H2,1-4H3,(H,25,29)/t14?,15?,16-,17+,18+,19-,23?,24?/m1/s1. The lowest BCUT2D eigenvalue weighted by molar-refractivity contribution is -0.181. The summed E-state index contributed by atoms with van der Waals surface area (Å²) in [5.41, 5.74) is -1.89. The van der Waals surface area contributed by atoms with Gasteiger partial charge in [0, 0.05) is 11.5 Å². The molecular weight excluding hydrogens is 396 g/mol. The van der Waals surface area contributed by atoms with Gasteiger partial charge < -0.3 is 20.1 Å². The zero-order valence-electron chi connectivity index (χ0n) is 19.1. The third-order valence-corrected chi connectivity index (χ3v) is 8.42. The van der Waals surface area contributed by atoms with Gasteiger partial charge in [-0.25, -0.2) is 4.79 Å². The van der Waals surface area contributed by atoms with E-state index in [1.807, 2.05) is 0 Å². The van der Waals surface area contributed by atoms with Gasteiger partial charge in [-0.15, -0.1) is 0 Å². The van der Waals surface area contributed by atoms with Crippen molar-refractivity contribution in [1.29, 1.82) is 0 Å². The van der Waals surface area contributed by atoms with Gasteiger partial charge in [0.1, 0.15) is 11.6 Å². The second-order valence-corrected chi connectivity index (χ2v) is 12.3. The molecule has 6 atom stereocenters. The van der Waals surface area contributed by atoms with E-state index in [1.165, 1.54) is 0 Å². The minimum Gasteiger partial charge on any atom is -0.444 e. The molecule has 31 heavy (non-hydrogen) atoms. The molecule has 1 heterocycles. The van der Waals surface area contributed by atoms with Crippen LogP contribution in [0.1, 0.15) is 79.1 Å². The van der Waals surface area contributed by atoms with Gasteiger partial charge in [-0.3, -0.25) is 9.59 Å². The van der Waals surface area contributed by atoms with Crippen LogP contribution in [0, 0.1) is 23.2 Å². The van der Waals surface area contributed by atoms with Crippen LogP contribution >= 0.6 is 0 Å². The summed E-state index contributed by atoms with van der Waals surface area (Å²) in [6, 6.07) is -1.04. The van der Waals surface area contributed by atoms with Crippen LogP contribution in [0.15, 0.2) is 0 Å². The first-order valence-electron chi connectivity index (χ1n) is 11.9. The number of fused-ring (bicyclic) bond motifs is 1. The summed E-state index contributed by atoms with van der Waals surface area (Å²) in [7, 11) is 0. The highest BCUT2D eigenvalue weighted by molar-refractivity contribution is 5.93. The summed E-state index contributed by atoms with van der Waals surface area (Å²) in [5.74, 6) is 1.04. The molecule has 0 aromatic rings. The van der Waals surface area contributed by atoms with Crippen LogP contribution in [0.5, 0.6) is 0 Å². The van der Waals surface area contributed by atoms with Crippen LogP contribution in [-0.4, -0.2) is 57.1 Å². The molecular formula is C24H36N2O5. The molecule has 7 heteroatoms. The largest absolute Gasteiger partial charge is 0.444 e. The molecule has 172 valence electrons. The molecule has 2 unspecified atom stereocenters. The minimum atomic E-state index is -0.763. The first kappa shape index (κ1) is 21.2. The van der Waals surface area contributed by atoms with Crippen LogP contribution in [0.2, 0.25) is 0 Å². The number of carbonyl (C=O) groups excluding carboxylic acids is 3. The number of hydrogen-bond acceptors (Lipinski definition) is 5. The number of ketones is 1. The first-order valence-corrected chi connectivity index (χ1v) is 11.9. The fourth-order valence-electron chi connectivity index (χ4n) is 7.81. The zero-order chi connectivity index (χ0) is 22.3. The Morgan fingerprint density at radius 2 is 1.71 bits per heavy atom. The van der Waals surface area contributed by atoms with Gasteiger partial charge in [-0.05, 0) is 96.8 Å². The lowest BCUT2D eigenvalue weighted by Gasteiger charge is -2.62. The molecule has 4 bridgehead atoms. The number of nitrogens with one attached hydrogen (secondary N) is 1. The molecule has 2 amide bonds. The van der Waals surface area contributed by atoms with E-state index in [9.17, 15) is 19.5 Å². The highest BCUT2D eigenvalue weighted by atomic mass is 16.6. The summed E-state index contributed by atoms with van der Waals surface area (Å²) in [5, 5.41) is 14.2. The molecule has 0 aromatic carbocycles. The van der Waals surface area contributed by atoms with E-state index in [2.05, 4.69) is 5.32 Å². The van der Waals surface area contributed by atoms with Gasteiger partial charge in [-0.2, -0.15) is 0 Å². The molecule has 6 aliphatic rings. The van der Waals surface area contributed by atoms with E-state index < -0.39 is 34.8 Å². The predicted molar refractivity (Wildman–Crippen MR) is 113 cm³/mol. The number of amides is 2. The summed E-state index contributed by atoms with van der Waals surface area (Å²) < 4.78 is 5.53. The topological polar surface area (TPSA) is 95.9 Å². The average Bonchev–Trinajstić information content (AvgIpc) is 3.25. The molecule has 0 radical (unpaired) electrons. The Kier molecular flexibility index (Phi) is 4.58. The minimum absolute atomic E-state index is 0.0145. The van der Waals surface area contributed by atoms with Crippen molar-refractivity contribution in [2.75, 3.05) is 0 Å². The Hall–Kier alpha value is -1.63. The van der Waals surface area contributed by atoms with Crippen LogP contribution in [0.25, 0.3) is 0 Å². The van der Waals surface area contributed by atoms with Gasteiger partial charge in [0.25, 0.3) is 0 Å². The van der Waals surface area contributed by atoms with E-state index in [1.54, 1.807) is 32.6 Å². The Morgan fingerprint density at radius 1 is 1.06 bits per heavy atom. The number of rotatable bonds is 4. The lowest BCUT2D eigenvalue weighted by atomic mass is 9.46. The van der Waals surface area contributed by atoms with Crippen molar-refractivity contribution in [3.05, 3.63) is 0 Å². The summed E-state index contributed by atoms with van der Waals surface area (Å²) in [6.07, 6.45) is 5.97. The smallest absolute Gasteiger partial charge is 0.408 e. The van der Waals surface area contributed by atoms with Crippen LogP contribution < -0.4 is 5.32 Å². The van der Waals surface area contributed by atoms with E-state index in [0.29, 0.717) is 24.2 Å². The van der Waals surface area contributed by atoms with Crippen molar-refractivity contribution in [2.24, 2.45) is 23.2 Å². The highest BCUT2D eigenvalue weighted by Crippen LogP contribution is 2.63. The number of hydrogen-bond donors (Lipinski definition) is 2. The molecule has 5 aliphatic carbocycles. The van der Waals surface area contributed by atoms with E-state index in [4.69, 9.17) is 4.74 Å². The molecule has 0 aromatic heterocycles. The number of Topliss-reactive ketones (excluding diaryl/α,β-unsaturated/α-hetero) is 1. The molecule has 1 saturated heterocycles. The average molecular weight is 433 g/mol. The third-order valence-electron chi connectivity index (χ3n) is 8.42. The number of piperidine rings is 1. The Labute approximate surface area is 184 Å². The number of likely N-dealkylation sites (tertiary alicyclic amines) is 1. The molecule has 6 rings (SSSR count). The Balaban J connectivity index is 1.47. The number of aliphatic hydroxyl groups is 1. The number of carbonyl (C=O) groups is 3. The monoisotopic (exact) mass is 432 g/mol. The Morgan fingerprint density at radius 3 is 2.26 bits per heavy atom. The maximum atomic E-state index is 14.0. The van der Waals surface area contributed by atoms with Crippen molar-refractivity contribution in [1.82, 2.24) is 10.2 Å². The quantitative estimate of drug-likeness (QED) is 0.712. The molecule has 7 nitrogen and oxygen atoms in total. The molecule has 2 N–H and O–H groups in total. The van der Waals surface area contributed by atoms with E-state index in [0.717, 1.165) is 44.9 Å². The van der Waals surface area contributed by atoms with Gasteiger partial charge in [-0.1, -0.05) is 0 Å². The Bertz CT molecular complexity index is 803. The molecule has 0 spiro atoms. The fourth-order valence-corrected chi connectivity index (χ4v) is 7.81.